The summed E-state index contributed by atoms with van der Waals surface area (Å²) in [5, 5.41) is 9.03. The quantitative estimate of drug-likeness (QED) is 0.627. The average Bonchev–Trinajstić information content (AvgIpc) is 2.46. The summed E-state index contributed by atoms with van der Waals surface area (Å²) in [7, 11) is 2.86. The SMILES string of the molecule is COC(=O)/C(C)=C/COc1ccc(CO)cc1OC. The maximum atomic E-state index is 11.2. The van der Waals surface area contributed by atoms with Crippen LogP contribution in [0, 0.1) is 0 Å². The number of aliphatic hydroxyl groups is 1. The maximum absolute atomic E-state index is 11.2. The largest absolute Gasteiger partial charge is 0.493 e. The second-order valence-electron chi connectivity index (χ2n) is 3.83. The number of carbonyl (C=O) groups excluding carboxylic acids is 1. The zero-order valence-electron chi connectivity index (χ0n) is 11.3. The van der Waals surface area contributed by atoms with Gasteiger partial charge in [0.2, 0.25) is 0 Å². The summed E-state index contributed by atoms with van der Waals surface area (Å²) in [4.78, 5) is 11.2. The van der Waals surface area contributed by atoms with E-state index in [-0.39, 0.29) is 19.2 Å². The Hall–Kier alpha value is -2.01. The number of rotatable bonds is 6. The molecule has 19 heavy (non-hydrogen) atoms. The van der Waals surface area contributed by atoms with Crippen LogP contribution in [0.15, 0.2) is 29.8 Å². The summed E-state index contributed by atoms with van der Waals surface area (Å²) < 4.78 is 15.2. The first-order chi connectivity index (χ1) is 9.12. The highest BCUT2D eigenvalue weighted by Crippen LogP contribution is 2.28. The van der Waals surface area contributed by atoms with E-state index in [9.17, 15) is 4.79 Å². The van der Waals surface area contributed by atoms with Crippen LogP contribution in [0.5, 0.6) is 11.5 Å². The van der Waals surface area contributed by atoms with Crippen molar-refractivity contribution in [1.82, 2.24) is 0 Å². The molecule has 0 bridgehead atoms. The number of hydrogen-bond acceptors (Lipinski definition) is 5. The molecule has 0 unspecified atom stereocenters. The Balaban J connectivity index is 2.70. The Kier molecular flexibility index (Phi) is 5.89. The standard InChI is InChI=1S/C14H18O5/c1-10(14(16)18-3)6-7-19-12-5-4-11(9-15)8-13(12)17-2/h4-6,8,15H,7,9H2,1-3H3/b10-6+. The van der Waals surface area contributed by atoms with Crippen LogP contribution in [0.25, 0.3) is 0 Å². The van der Waals surface area contributed by atoms with Crippen LogP contribution < -0.4 is 9.47 Å². The van der Waals surface area contributed by atoms with Gasteiger partial charge in [0.05, 0.1) is 20.8 Å². The average molecular weight is 266 g/mol. The van der Waals surface area contributed by atoms with Gasteiger partial charge in [-0.05, 0) is 30.7 Å². The van der Waals surface area contributed by atoms with Crippen molar-refractivity contribution in [3.8, 4) is 11.5 Å². The molecule has 104 valence electrons. The Morgan fingerprint density at radius 1 is 1.32 bits per heavy atom. The molecule has 1 aromatic rings. The molecule has 0 aliphatic carbocycles. The maximum Gasteiger partial charge on any atom is 0.333 e. The first-order valence-corrected chi connectivity index (χ1v) is 5.78. The lowest BCUT2D eigenvalue weighted by Gasteiger charge is -2.10. The molecule has 0 heterocycles. The van der Waals surface area contributed by atoms with Crippen LogP contribution in [0.3, 0.4) is 0 Å². The molecule has 5 nitrogen and oxygen atoms in total. The molecule has 0 radical (unpaired) electrons. The molecular weight excluding hydrogens is 248 g/mol. The topological polar surface area (TPSA) is 65.0 Å². The number of benzene rings is 1. The minimum atomic E-state index is -0.383. The van der Waals surface area contributed by atoms with E-state index >= 15 is 0 Å². The highest BCUT2D eigenvalue weighted by molar-refractivity contribution is 5.87. The molecule has 0 fully saturated rings. The van der Waals surface area contributed by atoms with Gasteiger partial charge in [-0.3, -0.25) is 0 Å². The fraction of sp³-hybridized carbons (Fsp3) is 0.357. The summed E-state index contributed by atoms with van der Waals surface area (Å²) in [6.07, 6.45) is 1.63. The molecule has 0 saturated heterocycles. The number of hydrogen-bond donors (Lipinski definition) is 1. The van der Waals surface area contributed by atoms with Crippen molar-refractivity contribution in [3.63, 3.8) is 0 Å². The van der Waals surface area contributed by atoms with Gasteiger partial charge in [-0.15, -0.1) is 0 Å². The van der Waals surface area contributed by atoms with E-state index in [1.807, 2.05) is 0 Å². The van der Waals surface area contributed by atoms with Crippen LogP contribution in [-0.4, -0.2) is 31.9 Å². The van der Waals surface area contributed by atoms with Gasteiger partial charge in [0.15, 0.2) is 11.5 Å². The van der Waals surface area contributed by atoms with Crippen LogP contribution in [0.2, 0.25) is 0 Å². The van der Waals surface area contributed by atoms with E-state index < -0.39 is 0 Å². The predicted octanol–water partition coefficient (Wildman–Crippen LogP) is 1.69. The molecule has 0 aliphatic heterocycles. The van der Waals surface area contributed by atoms with Gasteiger partial charge in [-0.1, -0.05) is 6.07 Å². The number of ether oxygens (including phenoxy) is 3. The van der Waals surface area contributed by atoms with Crippen LogP contribution in [0.4, 0.5) is 0 Å². The number of carbonyl (C=O) groups is 1. The van der Waals surface area contributed by atoms with Crippen molar-refractivity contribution in [2.24, 2.45) is 0 Å². The fourth-order valence-corrected chi connectivity index (χ4v) is 1.43. The van der Waals surface area contributed by atoms with Crippen molar-refractivity contribution in [3.05, 3.63) is 35.4 Å². The third-order valence-corrected chi connectivity index (χ3v) is 2.55. The fourth-order valence-electron chi connectivity index (χ4n) is 1.43. The molecule has 0 atom stereocenters. The third kappa shape index (κ3) is 4.30. The lowest BCUT2D eigenvalue weighted by Crippen LogP contribution is -2.04. The third-order valence-electron chi connectivity index (χ3n) is 2.55. The lowest BCUT2D eigenvalue weighted by atomic mass is 10.2. The Morgan fingerprint density at radius 2 is 2.05 bits per heavy atom. The second kappa shape index (κ2) is 7.43. The number of methoxy groups -OCH3 is 2. The van der Waals surface area contributed by atoms with Crippen molar-refractivity contribution in [1.29, 1.82) is 0 Å². The lowest BCUT2D eigenvalue weighted by molar-refractivity contribution is -0.136. The first kappa shape index (κ1) is 15.0. The van der Waals surface area contributed by atoms with Gasteiger partial charge in [0.25, 0.3) is 0 Å². The highest BCUT2D eigenvalue weighted by Gasteiger charge is 2.06. The van der Waals surface area contributed by atoms with Gasteiger partial charge in [-0.25, -0.2) is 4.79 Å². The molecule has 1 N–H and O–H groups in total. The zero-order chi connectivity index (χ0) is 14.3. The minimum Gasteiger partial charge on any atom is -0.493 e. The van der Waals surface area contributed by atoms with Gasteiger partial charge >= 0.3 is 5.97 Å². The number of aliphatic hydroxyl groups excluding tert-OH is 1. The molecule has 1 aromatic carbocycles. The van der Waals surface area contributed by atoms with Crippen LogP contribution in [-0.2, 0) is 16.1 Å². The van der Waals surface area contributed by atoms with Crippen LogP contribution >= 0.6 is 0 Å². The van der Waals surface area contributed by atoms with E-state index in [0.29, 0.717) is 17.1 Å². The summed E-state index contributed by atoms with van der Waals surface area (Å²) >= 11 is 0. The summed E-state index contributed by atoms with van der Waals surface area (Å²) in [6.45, 7) is 1.83. The zero-order valence-corrected chi connectivity index (χ0v) is 11.3. The van der Waals surface area contributed by atoms with E-state index in [1.165, 1.54) is 14.2 Å². The normalized spacial score (nSPS) is 11.1. The van der Waals surface area contributed by atoms with Gasteiger partial charge in [0, 0.05) is 5.57 Å². The second-order valence-corrected chi connectivity index (χ2v) is 3.83. The molecular formula is C14H18O5. The van der Waals surface area contributed by atoms with Gasteiger partial charge in [-0.2, -0.15) is 0 Å². The van der Waals surface area contributed by atoms with E-state index in [4.69, 9.17) is 14.6 Å². The Bertz CT molecular complexity index is 465. The Morgan fingerprint density at radius 3 is 2.63 bits per heavy atom. The molecule has 0 saturated carbocycles. The molecule has 0 spiro atoms. The monoisotopic (exact) mass is 266 g/mol. The smallest absolute Gasteiger partial charge is 0.333 e. The summed E-state index contributed by atoms with van der Waals surface area (Å²) in [6, 6.07) is 5.16. The predicted molar refractivity (Wildman–Crippen MR) is 70.2 cm³/mol. The Labute approximate surface area is 112 Å². The summed E-state index contributed by atoms with van der Waals surface area (Å²) in [5.41, 5.74) is 1.22. The van der Waals surface area contributed by atoms with Gasteiger partial charge < -0.3 is 19.3 Å². The molecule has 0 amide bonds. The molecule has 5 heteroatoms. The van der Waals surface area contributed by atoms with Crippen molar-refractivity contribution in [2.45, 2.75) is 13.5 Å². The van der Waals surface area contributed by atoms with Crippen molar-refractivity contribution in [2.75, 3.05) is 20.8 Å². The number of esters is 1. The highest BCUT2D eigenvalue weighted by atomic mass is 16.5. The van der Waals surface area contributed by atoms with Crippen molar-refractivity contribution < 1.29 is 24.1 Å². The first-order valence-electron chi connectivity index (χ1n) is 5.78. The molecule has 1 rings (SSSR count). The van der Waals surface area contributed by atoms with Gasteiger partial charge in [0.1, 0.15) is 6.61 Å². The molecule has 0 aliphatic rings. The van der Waals surface area contributed by atoms with E-state index in [2.05, 4.69) is 4.74 Å². The summed E-state index contributed by atoms with van der Waals surface area (Å²) in [5.74, 6) is 0.704. The van der Waals surface area contributed by atoms with Crippen molar-refractivity contribution >= 4 is 5.97 Å². The van der Waals surface area contributed by atoms with E-state index in [1.54, 1.807) is 31.2 Å². The van der Waals surface area contributed by atoms with Crippen LogP contribution in [0.1, 0.15) is 12.5 Å². The minimum absolute atomic E-state index is 0.0575. The van der Waals surface area contributed by atoms with E-state index in [0.717, 1.165) is 5.56 Å². The molecule has 0 aromatic heterocycles.